The molecule has 0 aliphatic carbocycles. The molecule has 0 N–H and O–H groups in total. The largest absolute Gasteiger partial charge is 0.373 e. The Morgan fingerprint density at radius 2 is 2.24 bits per heavy atom. The van der Waals surface area contributed by atoms with Crippen molar-refractivity contribution in [1.29, 1.82) is 5.26 Å². The number of aryl methyl sites for hydroxylation is 1. The molecule has 114 valence electrons. The Bertz CT molecular complexity index is 536. The van der Waals surface area contributed by atoms with Gasteiger partial charge in [0.2, 0.25) is 0 Å². The summed E-state index contributed by atoms with van der Waals surface area (Å²) in [6, 6.07) is 5.93. The van der Waals surface area contributed by atoms with Crippen LogP contribution in [0.4, 0.5) is 5.82 Å². The van der Waals surface area contributed by atoms with E-state index in [2.05, 4.69) is 34.7 Å². The van der Waals surface area contributed by atoms with Crippen LogP contribution in [0.3, 0.4) is 0 Å². The molecule has 0 aromatic carbocycles. The molecule has 1 saturated heterocycles. The minimum absolute atomic E-state index is 0.0732. The number of nitriles is 1. The van der Waals surface area contributed by atoms with Gasteiger partial charge in [0, 0.05) is 38.9 Å². The maximum atomic E-state index is 9.20. The number of hydrogen-bond donors (Lipinski definition) is 0. The number of nitrogens with zero attached hydrogens (tertiary/aromatic N) is 4. The molecule has 0 atom stereocenters. The van der Waals surface area contributed by atoms with Crippen LogP contribution in [-0.2, 0) is 4.74 Å². The van der Waals surface area contributed by atoms with E-state index in [0.29, 0.717) is 5.56 Å². The highest BCUT2D eigenvalue weighted by molar-refractivity contribution is 5.53. The third-order valence-electron chi connectivity index (χ3n) is 3.75. The van der Waals surface area contributed by atoms with E-state index in [-0.39, 0.29) is 5.60 Å². The summed E-state index contributed by atoms with van der Waals surface area (Å²) < 4.78 is 5.73. The standard InChI is InChI=1S/C16H24N4O/c1-13-5-6-14(11-17)15(18-13)19(4)7-8-20-9-10-21-16(2,3)12-20/h5-6H,7-10,12H2,1-4H3. The molecule has 1 aromatic rings. The van der Waals surface area contributed by atoms with Gasteiger partial charge in [-0.1, -0.05) is 0 Å². The van der Waals surface area contributed by atoms with E-state index >= 15 is 0 Å². The van der Waals surface area contributed by atoms with Gasteiger partial charge in [-0.2, -0.15) is 5.26 Å². The van der Waals surface area contributed by atoms with Crippen LogP contribution in [0.5, 0.6) is 0 Å². The topological polar surface area (TPSA) is 52.4 Å². The van der Waals surface area contributed by atoms with E-state index in [1.54, 1.807) is 0 Å². The molecule has 21 heavy (non-hydrogen) atoms. The van der Waals surface area contributed by atoms with Crippen molar-refractivity contribution >= 4 is 5.82 Å². The van der Waals surface area contributed by atoms with Crippen LogP contribution >= 0.6 is 0 Å². The summed E-state index contributed by atoms with van der Waals surface area (Å²) in [5.74, 6) is 0.769. The number of morpholine rings is 1. The van der Waals surface area contributed by atoms with E-state index < -0.39 is 0 Å². The zero-order valence-electron chi connectivity index (χ0n) is 13.4. The van der Waals surface area contributed by atoms with Crippen molar-refractivity contribution in [2.75, 3.05) is 44.7 Å². The lowest BCUT2D eigenvalue weighted by atomic mass is 10.1. The Morgan fingerprint density at radius 1 is 1.48 bits per heavy atom. The third kappa shape index (κ3) is 4.16. The van der Waals surface area contributed by atoms with Crippen LogP contribution in [0.15, 0.2) is 12.1 Å². The molecule has 0 unspecified atom stereocenters. The quantitative estimate of drug-likeness (QED) is 0.845. The first-order valence-corrected chi connectivity index (χ1v) is 7.36. The first-order valence-electron chi connectivity index (χ1n) is 7.36. The van der Waals surface area contributed by atoms with Crippen molar-refractivity contribution < 1.29 is 4.74 Å². The van der Waals surface area contributed by atoms with Crippen molar-refractivity contribution in [3.8, 4) is 6.07 Å². The Balaban J connectivity index is 1.97. The van der Waals surface area contributed by atoms with Crippen molar-refractivity contribution in [1.82, 2.24) is 9.88 Å². The first-order chi connectivity index (χ1) is 9.91. The number of ether oxygens (including phenoxy) is 1. The van der Waals surface area contributed by atoms with Crippen LogP contribution in [0.1, 0.15) is 25.1 Å². The highest BCUT2D eigenvalue weighted by atomic mass is 16.5. The summed E-state index contributed by atoms with van der Waals surface area (Å²) in [7, 11) is 1.99. The Morgan fingerprint density at radius 3 is 2.90 bits per heavy atom. The van der Waals surface area contributed by atoms with Crippen LogP contribution in [0, 0.1) is 18.3 Å². The van der Waals surface area contributed by atoms with Crippen LogP contribution < -0.4 is 4.90 Å². The predicted octanol–water partition coefficient (Wildman–Crippen LogP) is 1.81. The molecule has 0 radical (unpaired) electrons. The molecule has 2 heterocycles. The number of anilines is 1. The predicted molar refractivity (Wildman–Crippen MR) is 83.4 cm³/mol. The Labute approximate surface area is 127 Å². The Hall–Kier alpha value is -1.64. The van der Waals surface area contributed by atoms with Gasteiger partial charge in [0.05, 0.1) is 17.8 Å². The zero-order valence-corrected chi connectivity index (χ0v) is 13.4. The normalized spacial score (nSPS) is 18.2. The van der Waals surface area contributed by atoms with Crippen LogP contribution in [0.25, 0.3) is 0 Å². The van der Waals surface area contributed by atoms with Gasteiger partial charge in [0.15, 0.2) is 0 Å². The fourth-order valence-electron chi connectivity index (χ4n) is 2.62. The van der Waals surface area contributed by atoms with Crippen molar-refractivity contribution in [2.45, 2.75) is 26.4 Å². The molecule has 1 aliphatic rings. The second kappa shape index (κ2) is 6.42. The third-order valence-corrected chi connectivity index (χ3v) is 3.75. The lowest BCUT2D eigenvalue weighted by molar-refractivity contribution is -0.0850. The highest BCUT2D eigenvalue weighted by Gasteiger charge is 2.27. The van der Waals surface area contributed by atoms with E-state index in [0.717, 1.165) is 44.3 Å². The molecule has 0 bridgehead atoms. The number of likely N-dealkylation sites (N-methyl/N-ethyl adjacent to an activating group) is 1. The van der Waals surface area contributed by atoms with Crippen molar-refractivity contribution in [3.63, 3.8) is 0 Å². The molecule has 1 aromatic heterocycles. The average molecular weight is 288 g/mol. The van der Waals surface area contributed by atoms with Gasteiger partial charge in [-0.3, -0.25) is 4.90 Å². The van der Waals surface area contributed by atoms with Gasteiger partial charge < -0.3 is 9.64 Å². The average Bonchev–Trinajstić information content (AvgIpc) is 2.43. The first kappa shape index (κ1) is 15.7. The number of rotatable bonds is 4. The van der Waals surface area contributed by atoms with Gasteiger partial charge in [-0.05, 0) is 32.9 Å². The molecular formula is C16H24N4O. The zero-order chi connectivity index (χ0) is 15.5. The highest BCUT2D eigenvalue weighted by Crippen LogP contribution is 2.18. The number of pyridine rings is 1. The molecule has 5 nitrogen and oxygen atoms in total. The lowest BCUT2D eigenvalue weighted by Crippen LogP contribution is -2.50. The summed E-state index contributed by atoms with van der Waals surface area (Å²) in [6.45, 7) is 10.7. The minimum atomic E-state index is -0.0732. The maximum absolute atomic E-state index is 9.20. The monoisotopic (exact) mass is 288 g/mol. The van der Waals surface area contributed by atoms with E-state index in [9.17, 15) is 5.26 Å². The van der Waals surface area contributed by atoms with Crippen molar-refractivity contribution in [3.05, 3.63) is 23.4 Å². The van der Waals surface area contributed by atoms with E-state index in [1.165, 1.54) is 0 Å². The van der Waals surface area contributed by atoms with E-state index in [1.807, 2.05) is 26.1 Å². The number of hydrogen-bond acceptors (Lipinski definition) is 5. The molecule has 1 aliphatic heterocycles. The van der Waals surface area contributed by atoms with Gasteiger partial charge in [0.25, 0.3) is 0 Å². The molecule has 0 spiro atoms. The number of aromatic nitrogens is 1. The fraction of sp³-hybridized carbons (Fsp3) is 0.625. The fourth-order valence-corrected chi connectivity index (χ4v) is 2.62. The Kier molecular flexibility index (Phi) is 4.81. The molecule has 2 rings (SSSR count). The molecule has 5 heteroatoms. The second-order valence-electron chi connectivity index (χ2n) is 6.24. The molecule has 0 amide bonds. The summed E-state index contributed by atoms with van der Waals surface area (Å²) in [5, 5.41) is 9.20. The maximum Gasteiger partial charge on any atom is 0.146 e. The van der Waals surface area contributed by atoms with Crippen molar-refractivity contribution in [2.24, 2.45) is 0 Å². The van der Waals surface area contributed by atoms with Gasteiger partial charge >= 0.3 is 0 Å². The van der Waals surface area contributed by atoms with Gasteiger partial charge in [0.1, 0.15) is 11.9 Å². The van der Waals surface area contributed by atoms with Gasteiger partial charge in [-0.25, -0.2) is 4.98 Å². The summed E-state index contributed by atoms with van der Waals surface area (Å²) in [4.78, 5) is 8.96. The SMILES string of the molecule is Cc1ccc(C#N)c(N(C)CCN2CCOC(C)(C)C2)n1. The molecule has 1 fully saturated rings. The van der Waals surface area contributed by atoms with Crippen LogP contribution in [-0.4, -0.2) is 55.3 Å². The molecule has 0 saturated carbocycles. The van der Waals surface area contributed by atoms with Crippen LogP contribution in [0.2, 0.25) is 0 Å². The minimum Gasteiger partial charge on any atom is -0.373 e. The lowest BCUT2D eigenvalue weighted by Gasteiger charge is -2.38. The van der Waals surface area contributed by atoms with Gasteiger partial charge in [-0.15, -0.1) is 0 Å². The summed E-state index contributed by atoms with van der Waals surface area (Å²) >= 11 is 0. The van der Waals surface area contributed by atoms with E-state index in [4.69, 9.17) is 4.74 Å². The summed E-state index contributed by atoms with van der Waals surface area (Å²) in [5.41, 5.74) is 1.49. The molecular weight excluding hydrogens is 264 g/mol. The second-order valence-corrected chi connectivity index (χ2v) is 6.24. The smallest absolute Gasteiger partial charge is 0.146 e. The summed E-state index contributed by atoms with van der Waals surface area (Å²) in [6.07, 6.45) is 0.